The van der Waals surface area contributed by atoms with Crippen LogP contribution in [0.1, 0.15) is 50.5 Å². The van der Waals surface area contributed by atoms with E-state index >= 15 is 0 Å². The van der Waals surface area contributed by atoms with Gasteiger partial charge in [-0.05, 0) is 75.7 Å². The molecule has 2 aliphatic heterocycles. The van der Waals surface area contributed by atoms with Crippen LogP contribution in [0.4, 0.5) is 0 Å². The van der Waals surface area contributed by atoms with Gasteiger partial charge >= 0.3 is 0 Å². The normalized spacial score (nSPS) is 21.9. The summed E-state index contributed by atoms with van der Waals surface area (Å²) in [7, 11) is -3.40. The topological polar surface area (TPSA) is 69.7 Å². The maximum atomic E-state index is 12.6. The van der Waals surface area contributed by atoms with E-state index in [9.17, 15) is 13.2 Å². The van der Waals surface area contributed by atoms with Crippen molar-refractivity contribution in [2.75, 3.05) is 26.2 Å². The Hall–Kier alpha value is -1.44. The number of benzene rings is 1. The first-order valence-corrected chi connectivity index (χ1v) is 12.1. The van der Waals surface area contributed by atoms with Crippen molar-refractivity contribution in [3.8, 4) is 0 Å². The molecule has 3 aliphatic rings. The quantitative estimate of drug-likeness (QED) is 0.755. The molecule has 0 spiro atoms. The molecule has 6 nitrogen and oxygen atoms in total. The van der Waals surface area contributed by atoms with Crippen LogP contribution >= 0.6 is 0 Å². The van der Waals surface area contributed by atoms with E-state index in [2.05, 4.69) is 9.62 Å². The Balaban J connectivity index is 1.23. The van der Waals surface area contributed by atoms with Crippen molar-refractivity contribution in [1.82, 2.24) is 14.5 Å². The minimum atomic E-state index is -3.40. The summed E-state index contributed by atoms with van der Waals surface area (Å²) in [5.74, 6) is 0.215. The maximum Gasteiger partial charge on any atom is 0.240 e. The number of likely N-dealkylation sites (tertiary alicyclic amines) is 2. The van der Waals surface area contributed by atoms with Crippen LogP contribution in [0.5, 0.6) is 0 Å². The van der Waals surface area contributed by atoms with Crippen LogP contribution in [0, 0.1) is 0 Å². The first-order valence-electron chi connectivity index (χ1n) is 10.6. The van der Waals surface area contributed by atoms with E-state index in [0.29, 0.717) is 23.8 Å². The summed E-state index contributed by atoms with van der Waals surface area (Å²) in [4.78, 5) is 17.5. The number of nitrogens with one attached hydrogen (secondary N) is 1. The summed E-state index contributed by atoms with van der Waals surface area (Å²) in [5.41, 5.74) is 1.01. The van der Waals surface area contributed by atoms with E-state index in [4.69, 9.17) is 0 Å². The number of hydrogen-bond acceptors (Lipinski definition) is 4. The average Bonchev–Trinajstić information content (AvgIpc) is 3.33. The minimum absolute atomic E-state index is 0.108. The van der Waals surface area contributed by atoms with Gasteiger partial charge in [0.1, 0.15) is 0 Å². The van der Waals surface area contributed by atoms with Crippen molar-refractivity contribution in [3.63, 3.8) is 0 Å². The average molecular weight is 406 g/mol. The van der Waals surface area contributed by atoms with Crippen molar-refractivity contribution < 1.29 is 13.2 Å². The molecule has 2 saturated heterocycles. The number of rotatable bonds is 7. The molecule has 2 heterocycles. The Bertz CT molecular complexity index is 776. The summed E-state index contributed by atoms with van der Waals surface area (Å²) in [5, 5.41) is 0. The monoisotopic (exact) mass is 405 g/mol. The molecule has 1 saturated carbocycles. The van der Waals surface area contributed by atoms with Gasteiger partial charge in [-0.15, -0.1) is 0 Å². The van der Waals surface area contributed by atoms with Crippen LogP contribution in [0.25, 0.3) is 0 Å². The molecule has 28 heavy (non-hydrogen) atoms. The largest absolute Gasteiger partial charge is 0.343 e. The number of amides is 1. The van der Waals surface area contributed by atoms with Crippen LogP contribution in [-0.4, -0.2) is 62.4 Å². The third kappa shape index (κ3) is 4.93. The Kier molecular flexibility index (Phi) is 6.04. The smallest absolute Gasteiger partial charge is 0.240 e. The van der Waals surface area contributed by atoms with E-state index in [1.807, 2.05) is 17.0 Å². The van der Waals surface area contributed by atoms with Crippen LogP contribution in [0.15, 0.2) is 29.2 Å². The lowest BCUT2D eigenvalue weighted by Crippen LogP contribution is -2.45. The van der Waals surface area contributed by atoms with Gasteiger partial charge in [-0.2, -0.15) is 0 Å². The van der Waals surface area contributed by atoms with Crippen LogP contribution in [0.2, 0.25) is 0 Å². The fourth-order valence-corrected chi connectivity index (χ4v) is 5.63. The molecule has 1 N–H and O–H groups in total. The number of nitrogens with zero attached hydrogens (tertiary/aromatic N) is 2. The molecular formula is C21H31N3O3S. The maximum absolute atomic E-state index is 12.6. The van der Waals surface area contributed by atoms with E-state index in [1.54, 1.807) is 12.1 Å². The molecule has 4 rings (SSSR count). The van der Waals surface area contributed by atoms with Crippen LogP contribution in [-0.2, 0) is 21.2 Å². The molecule has 0 unspecified atom stereocenters. The van der Waals surface area contributed by atoms with Gasteiger partial charge in [-0.1, -0.05) is 12.1 Å². The first-order chi connectivity index (χ1) is 13.5. The number of carbonyl (C=O) groups is 1. The van der Waals surface area contributed by atoms with Crippen molar-refractivity contribution in [2.24, 2.45) is 0 Å². The molecule has 1 aliphatic carbocycles. The van der Waals surface area contributed by atoms with Gasteiger partial charge in [0.2, 0.25) is 15.9 Å². The van der Waals surface area contributed by atoms with Gasteiger partial charge in [-0.3, -0.25) is 4.79 Å². The summed E-state index contributed by atoms with van der Waals surface area (Å²) in [6.07, 6.45) is 7.80. The minimum Gasteiger partial charge on any atom is -0.343 e. The molecule has 1 aromatic rings. The molecule has 0 atom stereocenters. The predicted molar refractivity (Wildman–Crippen MR) is 109 cm³/mol. The van der Waals surface area contributed by atoms with Crippen molar-refractivity contribution in [2.45, 2.75) is 68.3 Å². The lowest BCUT2D eigenvalue weighted by molar-refractivity contribution is -0.132. The molecular weight excluding hydrogens is 374 g/mol. The zero-order valence-electron chi connectivity index (χ0n) is 16.5. The van der Waals surface area contributed by atoms with Crippen molar-refractivity contribution in [3.05, 3.63) is 29.8 Å². The molecule has 0 bridgehead atoms. The third-order valence-corrected chi connectivity index (χ3v) is 7.77. The highest BCUT2D eigenvalue weighted by atomic mass is 32.2. The molecule has 3 fully saturated rings. The summed E-state index contributed by atoms with van der Waals surface area (Å²) in [6, 6.07) is 7.71. The lowest BCUT2D eigenvalue weighted by atomic mass is 10.0. The van der Waals surface area contributed by atoms with Gasteiger partial charge in [0.05, 0.1) is 4.90 Å². The first kappa shape index (κ1) is 19.9. The third-order valence-electron chi connectivity index (χ3n) is 6.23. The highest BCUT2D eigenvalue weighted by Crippen LogP contribution is 2.23. The van der Waals surface area contributed by atoms with E-state index < -0.39 is 10.0 Å². The zero-order chi connectivity index (χ0) is 19.6. The van der Waals surface area contributed by atoms with E-state index in [-0.39, 0.29) is 11.9 Å². The van der Waals surface area contributed by atoms with Crippen molar-refractivity contribution in [1.29, 1.82) is 0 Å². The lowest BCUT2D eigenvalue weighted by Gasteiger charge is -2.36. The second kappa shape index (κ2) is 8.51. The number of sulfonamides is 1. The van der Waals surface area contributed by atoms with E-state index in [1.165, 1.54) is 25.9 Å². The zero-order valence-corrected chi connectivity index (χ0v) is 17.3. The molecule has 154 valence electrons. The van der Waals surface area contributed by atoms with Crippen molar-refractivity contribution >= 4 is 15.9 Å². The number of hydrogen-bond donors (Lipinski definition) is 1. The van der Waals surface area contributed by atoms with Crippen LogP contribution in [0.3, 0.4) is 0 Å². The second-order valence-corrected chi connectivity index (χ2v) is 10.1. The van der Waals surface area contributed by atoms with Gasteiger partial charge in [0.25, 0.3) is 0 Å². The van der Waals surface area contributed by atoms with Gasteiger partial charge in [0.15, 0.2) is 0 Å². The molecule has 0 aromatic heterocycles. The highest BCUT2D eigenvalue weighted by molar-refractivity contribution is 7.89. The summed E-state index contributed by atoms with van der Waals surface area (Å²) in [6.45, 7) is 4.18. The Labute approximate surface area is 168 Å². The highest BCUT2D eigenvalue weighted by Gasteiger charge is 2.29. The predicted octanol–water partition coefficient (Wildman–Crippen LogP) is 2.15. The number of carbonyl (C=O) groups excluding carboxylic acids is 1. The van der Waals surface area contributed by atoms with Gasteiger partial charge in [-0.25, -0.2) is 13.1 Å². The fourth-order valence-electron chi connectivity index (χ4n) is 4.32. The Morgan fingerprint density at radius 2 is 1.61 bits per heavy atom. The van der Waals surface area contributed by atoms with Gasteiger partial charge in [0, 0.05) is 31.6 Å². The van der Waals surface area contributed by atoms with E-state index in [0.717, 1.165) is 44.3 Å². The Morgan fingerprint density at radius 1 is 0.964 bits per heavy atom. The molecule has 7 heteroatoms. The van der Waals surface area contributed by atoms with Crippen LogP contribution < -0.4 is 4.72 Å². The SMILES string of the molecule is O=C(CCc1ccc(S(=O)(=O)NC2CC2)cc1)N1CCC(N2CCCC2)CC1. The number of aryl methyl sites for hydroxylation is 1. The van der Waals surface area contributed by atoms with Gasteiger partial charge < -0.3 is 9.80 Å². The summed E-state index contributed by atoms with van der Waals surface area (Å²) < 4.78 is 27.1. The molecule has 1 amide bonds. The standard InChI is InChI=1S/C21H31N3O3S/c25-21(24-15-11-19(12-16-24)23-13-1-2-14-23)10-5-17-3-8-20(9-4-17)28(26,27)22-18-6-7-18/h3-4,8-9,18-19,22H,1-2,5-7,10-16H2. The second-order valence-electron chi connectivity index (χ2n) is 8.39. The molecule has 1 aromatic carbocycles. The molecule has 0 radical (unpaired) electrons. The Morgan fingerprint density at radius 3 is 2.21 bits per heavy atom. The number of piperidine rings is 1. The fraction of sp³-hybridized carbons (Fsp3) is 0.667. The summed E-state index contributed by atoms with van der Waals surface area (Å²) >= 11 is 0.